The SMILES string of the molecule is CCOc1c(Cl)cc([C@@H]2CN(C)[C@]3(C(=O)Nc4ccccc43)[C@H]2[N+](=O)[O-])cc1Cl. The van der Waals surface area contributed by atoms with Crippen LogP contribution in [0.5, 0.6) is 5.75 Å². The molecule has 3 atom stereocenters. The van der Waals surface area contributed by atoms with Crippen molar-refractivity contribution in [3.63, 3.8) is 0 Å². The molecule has 4 rings (SSSR count). The quantitative estimate of drug-likeness (QED) is 0.580. The monoisotopic (exact) mass is 435 g/mol. The second-order valence-electron chi connectivity index (χ2n) is 7.23. The molecular formula is C20H19Cl2N3O4. The Balaban J connectivity index is 1.86. The van der Waals surface area contributed by atoms with E-state index >= 15 is 0 Å². The van der Waals surface area contributed by atoms with E-state index in [-0.39, 0.29) is 15.0 Å². The molecule has 2 heterocycles. The summed E-state index contributed by atoms with van der Waals surface area (Å²) in [4.78, 5) is 26.8. The van der Waals surface area contributed by atoms with E-state index in [0.29, 0.717) is 35.7 Å². The number of halogens is 2. The minimum atomic E-state index is -1.40. The third-order valence-electron chi connectivity index (χ3n) is 5.78. The maximum atomic E-state index is 13.1. The maximum absolute atomic E-state index is 13.1. The molecule has 2 aromatic carbocycles. The van der Waals surface area contributed by atoms with Gasteiger partial charge in [-0.2, -0.15) is 0 Å². The van der Waals surface area contributed by atoms with Crippen LogP contribution in [0.3, 0.4) is 0 Å². The van der Waals surface area contributed by atoms with Gasteiger partial charge < -0.3 is 10.1 Å². The zero-order chi connectivity index (χ0) is 20.9. The average Bonchev–Trinajstić information content (AvgIpc) is 3.14. The number of likely N-dealkylation sites (tertiary alicyclic amines) is 1. The van der Waals surface area contributed by atoms with Crippen LogP contribution in [0, 0.1) is 10.1 Å². The molecular weight excluding hydrogens is 417 g/mol. The third-order valence-corrected chi connectivity index (χ3v) is 6.34. The molecule has 2 aromatic rings. The van der Waals surface area contributed by atoms with Crippen LogP contribution in [-0.4, -0.2) is 42.0 Å². The summed E-state index contributed by atoms with van der Waals surface area (Å²) in [5.41, 5.74) is 0.410. The highest BCUT2D eigenvalue weighted by Gasteiger charge is 2.68. The molecule has 1 amide bonds. The molecule has 0 unspecified atom stereocenters. The number of benzene rings is 2. The number of nitro groups is 1. The molecule has 1 fully saturated rings. The number of anilines is 1. The van der Waals surface area contributed by atoms with Crippen molar-refractivity contribution in [1.82, 2.24) is 4.90 Å². The first-order valence-corrected chi connectivity index (χ1v) is 9.95. The summed E-state index contributed by atoms with van der Waals surface area (Å²) in [7, 11) is 1.73. The van der Waals surface area contributed by atoms with Crippen LogP contribution in [-0.2, 0) is 10.3 Å². The normalized spacial score (nSPS) is 25.9. The Hall–Kier alpha value is -2.35. The number of carbonyl (C=O) groups excluding carboxylic acids is 1. The average molecular weight is 436 g/mol. The van der Waals surface area contributed by atoms with Crippen LogP contribution in [0.1, 0.15) is 24.0 Å². The van der Waals surface area contributed by atoms with E-state index < -0.39 is 23.4 Å². The highest BCUT2D eigenvalue weighted by molar-refractivity contribution is 6.37. The highest BCUT2D eigenvalue weighted by atomic mass is 35.5. The van der Waals surface area contributed by atoms with Gasteiger partial charge in [0.05, 0.1) is 22.6 Å². The molecule has 0 aliphatic carbocycles. The van der Waals surface area contributed by atoms with Crippen LogP contribution in [0.2, 0.25) is 10.0 Å². The summed E-state index contributed by atoms with van der Waals surface area (Å²) < 4.78 is 5.47. The first-order valence-electron chi connectivity index (χ1n) is 9.19. The first kappa shape index (κ1) is 19.9. The fourth-order valence-corrected chi connectivity index (χ4v) is 5.27. The van der Waals surface area contributed by atoms with Gasteiger partial charge in [0.1, 0.15) is 0 Å². The number of ether oxygens (including phenoxy) is 1. The topological polar surface area (TPSA) is 84.7 Å². The third kappa shape index (κ3) is 2.79. The number of nitrogens with one attached hydrogen (secondary N) is 1. The number of hydrogen-bond donors (Lipinski definition) is 1. The number of para-hydroxylation sites is 1. The van der Waals surface area contributed by atoms with Gasteiger partial charge in [-0.15, -0.1) is 0 Å². The summed E-state index contributed by atoms with van der Waals surface area (Å²) in [6.45, 7) is 2.51. The molecule has 2 aliphatic rings. The lowest BCUT2D eigenvalue weighted by Gasteiger charge is -2.30. The van der Waals surface area contributed by atoms with Gasteiger partial charge in [0.25, 0.3) is 11.9 Å². The van der Waals surface area contributed by atoms with E-state index in [1.54, 1.807) is 48.3 Å². The predicted octanol–water partition coefficient (Wildman–Crippen LogP) is 3.91. The fraction of sp³-hybridized carbons (Fsp3) is 0.350. The molecule has 152 valence electrons. The lowest BCUT2D eigenvalue weighted by atomic mass is 9.79. The van der Waals surface area contributed by atoms with Gasteiger partial charge in [0, 0.05) is 22.7 Å². The van der Waals surface area contributed by atoms with Crippen LogP contribution < -0.4 is 10.1 Å². The highest BCUT2D eigenvalue weighted by Crippen LogP contribution is 2.52. The van der Waals surface area contributed by atoms with Crippen molar-refractivity contribution in [1.29, 1.82) is 0 Å². The van der Waals surface area contributed by atoms with Crippen molar-refractivity contribution in [2.45, 2.75) is 24.4 Å². The second-order valence-corrected chi connectivity index (χ2v) is 8.04. The summed E-state index contributed by atoms with van der Waals surface area (Å²) in [5, 5.41) is 15.7. The molecule has 9 heteroatoms. The predicted molar refractivity (Wildman–Crippen MR) is 111 cm³/mol. The molecule has 2 aliphatic heterocycles. The zero-order valence-electron chi connectivity index (χ0n) is 15.8. The molecule has 0 saturated carbocycles. The number of likely N-dealkylation sites (N-methyl/N-ethyl adjacent to an activating group) is 1. The van der Waals surface area contributed by atoms with Crippen molar-refractivity contribution in [3.8, 4) is 5.75 Å². The molecule has 1 N–H and O–H groups in total. The second kappa shape index (κ2) is 7.16. The van der Waals surface area contributed by atoms with E-state index in [0.717, 1.165) is 0 Å². The van der Waals surface area contributed by atoms with Crippen molar-refractivity contribution >= 4 is 34.8 Å². The van der Waals surface area contributed by atoms with E-state index in [1.165, 1.54) is 0 Å². The number of carbonyl (C=O) groups is 1. The maximum Gasteiger partial charge on any atom is 0.256 e. The first-order chi connectivity index (χ1) is 13.8. The van der Waals surface area contributed by atoms with E-state index in [4.69, 9.17) is 27.9 Å². The van der Waals surface area contributed by atoms with Gasteiger partial charge in [0.15, 0.2) is 11.3 Å². The summed E-state index contributed by atoms with van der Waals surface area (Å²) >= 11 is 12.7. The number of rotatable bonds is 4. The van der Waals surface area contributed by atoms with Crippen molar-refractivity contribution < 1.29 is 14.5 Å². The van der Waals surface area contributed by atoms with Crippen LogP contribution in [0.4, 0.5) is 5.69 Å². The Kier molecular flexibility index (Phi) is 4.93. The Morgan fingerprint density at radius 3 is 2.59 bits per heavy atom. The summed E-state index contributed by atoms with van der Waals surface area (Å²) in [6, 6.07) is 9.17. The molecule has 0 radical (unpaired) electrons. The standard InChI is InChI=1S/C20H19Cl2N3O4/c1-3-29-17-14(21)8-11(9-15(17)22)12-10-24(2)20(18(12)25(27)28)13-6-4-5-7-16(13)23-19(20)26/h4-9,12,18H,3,10H2,1-2H3,(H,23,26)/t12-,18-,20-/m0/s1. The van der Waals surface area contributed by atoms with Crippen molar-refractivity contribution in [3.05, 3.63) is 67.7 Å². The lowest BCUT2D eigenvalue weighted by molar-refractivity contribution is -0.534. The van der Waals surface area contributed by atoms with Gasteiger partial charge in [-0.25, -0.2) is 0 Å². The van der Waals surface area contributed by atoms with Crippen LogP contribution in [0.25, 0.3) is 0 Å². The molecule has 7 nitrogen and oxygen atoms in total. The summed E-state index contributed by atoms with van der Waals surface area (Å²) in [5.74, 6) is -0.631. The lowest BCUT2D eigenvalue weighted by Crippen LogP contribution is -2.54. The van der Waals surface area contributed by atoms with Gasteiger partial charge in [-0.3, -0.25) is 19.8 Å². The minimum Gasteiger partial charge on any atom is -0.491 e. The van der Waals surface area contributed by atoms with E-state index in [1.807, 2.05) is 6.92 Å². The largest absolute Gasteiger partial charge is 0.491 e. The van der Waals surface area contributed by atoms with Crippen molar-refractivity contribution in [2.75, 3.05) is 25.5 Å². The smallest absolute Gasteiger partial charge is 0.256 e. The van der Waals surface area contributed by atoms with E-state index in [2.05, 4.69) is 5.32 Å². The Labute approximate surface area is 177 Å². The zero-order valence-corrected chi connectivity index (χ0v) is 17.3. The number of hydrogen-bond acceptors (Lipinski definition) is 5. The molecule has 29 heavy (non-hydrogen) atoms. The minimum absolute atomic E-state index is 0.288. The number of fused-ring (bicyclic) bond motifs is 2. The molecule has 1 saturated heterocycles. The van der Waals surface area contributed by atoms with Gasteiger partial charge >= 0.3 is 0 Å². The number of nitrogens with zero attached hydrogens (tertiary/aromatic N) is 2. The Morgan fingerprint density at radius 2 is 1.97 bits per heavy atom. The van der Waals surface area contributed by atoms with Crippen LogP contribution >= 0.6 is 23.2 Å². The Bertz CT molecular complexity index is 992. The molecule has 1 spiro atoms. The van der Waals surface area contributed by atoms with E-state index in [9.17, 15) is 14.9 Å². The van der Waals surface area contributed by atoms with Gasteiger partial charge in [-0.05, 0) is 37.7 Å². The number of amides is 1. The Morgan fingerprint density at radius 1 is 1.31 bits per heavy atom. The van der Waals surface area contributed by atoms with Gasteiger partial charge in [-0.1, -0.05) is 41.4 Å². The van der Waals surface area contributed by atoms with Crippen molar-refractivity contribution in [2.24, 2.45) is 0 Å². The summed E-state index contributed by atoms with van der Waals surface area (Å²) in [6.07, 6.45) is 0. The molecule has 0 aromatic heterocycles. The van der Waals surface area contributed by atoms with Crippen LogP contribution in [0.15, 0.2) is 36.4 Å². The molecule has 0 bridgehead atoms. The van der Waals surface area contributed by atoms with Gasteiger partial charge in [0.2, 0.25) is 0 Å². The fourth-order valence-electron chi connectivity index (χ4n) is 4.66.